The summed E-state index contributed by atoms with van der Waals surface area (Å²) < 4.78 is 5.36. The highest BCUT2D eigenvalue weighted by Crippen LogP contribution is 2.21. The van der Waals surface area contributed by atoms with Crippen LogP contribution in [-0.4, -0.2) is 17.6 Å². The number of benzene rings is 1. The number of hydrogen-bond acceptors (Lipinski definition) is 3. The van der Waals surface area contributed by atoms with E-state index in [0.29, 0.717) is 5.56 Å². The van der Waals surface area contributed by atoms with E-state index in [-0.39, 0.29) is 17.6 Å². The van der Waals surface area contributed by atoms with Gasteiger partial charge in [0, 0.05) is 11.2 Å². The second-order valence-electron chi connectivity index (χ2n) is 5.54. The number of nitrogens with one attached hydrogen (secondary N) is 1. The first-order valence-electron chi connectivity index (χ1n) is 6.41. The van der Waals surface area contributed by atoms with Gasteiger partial charge in [0.2, 0.25) is 0 Å². The maximum absolute atomic E-state index is 12.1. The van der Waals surface area contributed by atoms with Crippen LogP contribution >= 0.6 is 0 Å². The van der Waals surface area contributed by atoms with Gasteiger partial charge in [-0.1, -0.05) is 19.1 Å². The smallest absolute Gasteiger partial charge is 0.340 e. The third-order valence-corrected chi connectivity index (χ3v) is 2.54. The first-order valence-corrected chi connectivity index (χ1v) is 6.41. The minimum atomic E-state index is -0.267. The Kier molecular flexibility index (Phi) is 4.76. The molecular weight excluding hydrogens is 226 g/mol. The Balaban J connectivity index is 2.91. The summed E-state index contributed by atoms with van der Waals surface area (Å²) in [6.07, 6.45) is 0.765. The molecule has 0 aliphatic rings. The third kappa shape index (κ3) is 4.40. The normalized spacial score (nSPS) is 12.9. The van der Waals surface area contributed by atoms with Crippen molar-refractivity contribution < 1.29 is 9.53 Å². The predicted molar refractivity (Wildman–Crippen MR) is 75.0 cm³/mol. The fraction of sp³-hybridized carbons (Fsp3) is 0.533. The van der Waals surface area contributed by atoms with E-state index in [4.69, 9.17) is 4.74 Å². The number of esters is 1. The summed E-state index contributed by atoms with van der Waals surface area (Å²) in [5, 5.41) is 3.32. The zero-order valence-corrected chi connectivity index (χ0v) is 11.9. The lowest BCUT2D eigenvalue weighted by Gasteiger charge is -2.24. The second-order valence-corrected chi connectivity index (χ2v) is 5.54. The molecule has 1 unspecified atom stereocenters. The quantitative estimate of drug-likeness (QED) is 0.824. The van der Waals surface area contributed by atoms with E-state index < -0.39 is 0 Å². The van der Waals surface area contributed by atoms with E-state index in [2.05, 4.69) is 26.1 Å². The Morgan fingerprint density at radius 3 is 2.50 bits per heavy atom. The molecule has 0 fully saturated rings. The summed E-state index contributed by atoms with van der Waals surface area (Å²) in [5.41, 5.74) is 1.32. The van der Waals surface area contributed by atoms with Crippen LogP contribution in [0.2, 0.25) is 0 Å². The van der Waals surface area contributed by atoms with Crippen molar-refractivity contribution in [1.82, 2.24) is 0 Å². The van der Waals surface area contributed by atoms with E-state index in [1.807, 2.05) is 32.0 Å². The molecule has 0 aliphatic carbocycles. The largest absolute Gasteiger partial charge is 0.459 e. The van der Waals surface area contributed by atoms with Crippen molar-refractivity contribution in [2.75, 3.05) is 5.32 Å². The minimum absolute atomic E-state index is 0.0554. The molecule has 0 bridgehead atoms. The highest BCUT2D eigenvalue weighted by atomic mass is 16.5. The second kappa shape index (κ2) is 5.89. The molecule has 1 aromatic carbocycles. The number of rotatable bonds is 4. The summed E-state index contributed by atoms with van der Waals surface area (Å²) in [6, 6.07) is 7.45. The number of hydrogen-bond donors (Lipinski definition) is 1. The molecule has 0 amide bonds. The Hall–Kier alpha value is -1.51. The SMILES string of the molecule is CCC(C)OC(=O)c1ccccc1NC(C)(C)C. The molecule has 3 nitrogen and oxygen atoms in total. The fourth-order valence-corrected chi connectivity index (χ4v) is 1.50. The van der Waals surface area contributed by atoms with E-state index in [1.165, 1.54) is 0 Å². The molecule has 0 heterocycles. The highest BCUT2D eigenvalue weighted by Gasteiger charge is 2.18. The van der Waals surface area contributed by atoms with Gasteiger partial charge < -0.3 is 10.1 Å². The van der Waals surface area contributed by atoms with Crippen LogP contribution in [0.25, 0.3) is 0 Å². The summed E-state index contributed by atoms with van der Waals surface area (Å²) >= 11 is 0. The Bertz CT molecular complexity index is 407. The number of carbonyl (C=O) groups is 1. The van der Waals surface area contributed by atoms with Gasteiger partial charge in [-0.15, -0.1) is 0 Å². The number of anilines is 1. The van der Waals surface area contributed by atoms with Crippen LogP contribution in [0.3, 0.4) is 0 Å². The molecule has 1 N–H and O–H groups in total. The van der Waals surface area contributed by atoms with Crippen molar-refractivity contribution in [3.8, 4) is 0 Å². The van der Waals surface area contributed by atoms with Crippen LogP contribution in [0.1, 0.15) is 51.4 Å². The van der Waals surface area contributed by atoms with Crippen molar-refractivity contribution in [3.05, 3.63) is 29.8 Å². The molecule has 1 rings (SSSR count). The maximum Gasteiger partial charge on any atom is 0.340 e. The van der Waals surface area contributed by atoms with Gasteiger partial charge in [-0.25, -0.2) is 4.79 Å². The molecule has 0 saturated carbocycles. The van der Waals surface area contributed by atoms with Gasteiger partial charge in [0.05, 0.1) is 11.7 Å². The topological polar surface area (TPSA) is 38.3 Å². The summed E-state index contributed by atoms with van der Waals surface area (Å²) in [4.78, 5) is 12.1. The molecular formula is C15H23NO2. The molecule has 0 aromatic heterocycles. The standard InChI is InChI=1S/C15H23NO2/c1-6-11(2)18-14(17)12-9-7-8-10-13(12)16-15(3,4)5/h7-11,16H,6H2,1-5H3. The van der Waals surface area contributed by atoms with Crippen LogP contribution in [-0.2, 0) is 4.74 Å². The van der Waals surface area contributed by atoms with E-state index in [1.54, 1.807) is 6.07 Å². The van der Waals surface area contributed by atoms with Gasteiger partial charge in [-0.2, -0.15) is 0 Å². The summed E-state index contributed by atoms with van der Waals surface area (Å²) in [5.74, 6) is -0.267. The Morgan fingerprint density at radius 1 is 1.33 bits per heavy atom. The summed E-state index contributed by atoms with van der Waals surface area (Å²) in [6.45, 7) is 10.1. The number of para-hydroxylation sites is 1. The molecule has 100 valence electrons. The van der Waals surface area contributed by atoms with E-state index in [0.717, 1.165) is 12.1 Å². The lowest BCUT2D eigenvalue weighted by molar-refractivity contribution is 0.0335. The Morgan fingerprint density at radius 2 is 1.94 bits per heavy atom. The zero-order valence-electron chi connectivity index (χ0n) is 11.9. The van der Waals surface area contributed by atoms with Gasteiger partial charge in [0.15, 0.2) is 0 Å². The first kappa shape index (κ1) is 14.6. The molecule has 0 spiro atoms. The highest BCUT2D eigenvalue weighted by molar-refractivity contribution is 5.95. The molecule has 0 saturated heterocycles. The van der Waals surface area contributed by atoms with Crippen LogP contribution in [0, 0.1) is 0 Å². The van der Waals surface area contributed by atoms with Crippen molar-refractivity contribution in [2.45, 2.75) is 52.7 Å². The van der Waals surface area contributed by atoms with Crippen molar-refractivity contribution in [2.24, 2.45) is 0 Å². The zero-order chi connectivity index (χ0) is 13.8. The molecule has 0 radical (unpaired) electrons. The average molecular weight is 249 g/mol. The van der Waals surface area contributed by atoms with Crippen molar-refractivity contribution in [1.29, 1.82) is 0 Å². The van der Waals surface area contributed by atoms with Gasteiger partial charge in [-0.3, -0.25) is 0 Å². The van der Waals surface area contributed by atoms with Gasteiger partial charge >= 0.3 is 5.97 Å². The van der Waals surface area contributed by atoms with E-state index >= 15 is 0 Å². The van der Waals surface area contributed by atoms with Gasteiger partial charge in [-0.05, 0) is 46.2 Å². The molecule has 18 heavy (non-hydrogen) atoms. The van der Waals surface area contributed by atoms with Crippen LogP contribution in [0.4, 0.5) is 5.69 Å². The predicted octanol–water partition coefficient (Wildman–Crippen LogP) is 3.85. The number of carbonyl (C=O) groups excluding carboxylic acids is 1. The first-order chi connectivity index (χ1) is 8.33. The molecule has 3 heteroatoms. The lowest BCUT2D eigenvalue weighted by atomic mass is 10.1. The van der Waals surface area contributed by atoms with Crippen LogP contribution in [0.5, 0.6) is 0 Å². The fourth-order valence-electron chi connectivity index (χ4n) is 1.50. The van der Waals surface area contributed by atoms with E-state index in [9.17, 15) is 4.79 Å². The minimum Gasteiger partial charge on any atom is -0.459 e. The third-order valence-electron chi connectivity index (χ3n) is 2.54. The summed E-state index contributed by atoms with van der Waals surface area (Å²) in [7, 11) is 0. The molecule has 1 atom stereocenters. The number of ether oxygens (including phenoxy) is 1. The van der Waals surface area contributed by atoms with Crippen LogP contribution < -0.4 is 5.32 Å². The lowest BCUT2D eigenvalue weighted by Crippen LogP contribution is -2.27. The van der Waals surface area contributed by atoms with Gasteiger partial charge in [0.25, 0.3) is 0 Å². The average Bonchev–Trinajstić information content (AvgIpc) is 2.27. The Labute approximate surface area is 110 Å². The van der Waals surface area contributed by atoms with Crippen molar-refractivity contribution in [3.63, 3.8) is 0 Å². The molecule has 0 aliphatic heterocycles. The van der Waals surface area contributed by atoms with Crippen molar-refractivity contribution >= 4 is 11.7 Å². The monoisotopic (exact) mass is 249 g/mol. The maximum atomic E-state index is 12.1. The van der Waals surface area contributed by atoms with Gasteiger partial charge in [0.1, 0.15) is 0 Å². The molecule has 1 aromatic rings. The van der Waals surface area contributed by atoms with Crippen LogP contribution in [0.15, 0.2) is 24.3 Å².